The summed E-state index contributed by atoms with van der Waals surface area (Å²) in [5.74, 6) is -0.0494. The summed E-state index contributed by atoms with van der Waals surface area (Å²) >= 11 is 0. The number of anilines is 2. The lowest BCUT2D eigenvalue weighted by Crippen LogP contribution is -2.00. The zero-order valence-corrected chi connectivity index (χ0v) is 7.25. The predicted molar refractivity (Wildman–Crippen MR) is 49.3 cm³/mol. The first-order valence-corrected chi connectivity index (χ1v) is 4.72. The van der Waals surface area contributed by atoms with E-state index in [1.165, 1.54) is 0 Å². The molecule has 5 heteroatoms. The Morgan fingerprint density at radius 3 is 2.50 bits per heavy atom. The van der Waals surface area contributed by atoms with E-state index in [-0.39, 0.29) is 5.75 Å². The van der Waals surface area contributed by atoms with E-state index < -0.39 is 10.7 Å². The van der Waals surface area contributed by atoms with Crippen LogP contribution in [0.25, 0.3) is 0 Å². The van der Waals surface area contributed by atoms with Gasteiger partial charge in [-0.1, -0.05) is 12.1 Å². The van der Waals surface area contributed by atoms with Crippen LogP contribution in [0.5, 0.6) is 0 Å². The number of rotatable bonds is 2. The van der Waals surface area contributed by atoms with Gasteiger partial charge in [0.1, 0.15) is 10.7 Å². The van der Waals surface area contributed by atoms with Crippen molar-refractivity contribution >= 4 is 22.1 Å². The maximum atomic E-state index is 10.4. The maximum Gasteiger partial charge on any atom is 0.144 e. The summed E-state index contributed by atoms with van der Waals surface area (Å²) in [6, 6.07) is 4.97. The SMILES string of the molecule is Nc1cccc(C[SH](=O)=O)c1N. The molecule has 0 aliphatic rings. The lowest BCUT2D eigenvalue weighted by molar-refractivity contribution is 0.614. The molecule has 0 spiro atoms. The van der Waals surface area contributed by atoms with Crippen molar-refractivity contribution in [1.29, 1.82) is 0 Å². The summed E-state index contributed by atoms with van der Waals surface area (Å²) in [6.45, 7) is 0. The first-order chi connectivity index (χ1) is 5.61. The average molecular weight is 186 g/mol. The molecule has 0 saturated carbocycles. The highest BCUT2D eigenvalue weighted by Crippen LogP contribution is 2.19. The molecule has 0 bridgehead atoms. The first-order valence-electron chi connectivity index (χ1n) is 3.36. The first kappa shape index (κ1) is 8.86. The molecule has 0 aliphatic carbocycles. The molecule has 0 radical (unpaired) electrons. The van der Waals surface area contributed by atoms with Crippen LogP contribution in [0.15, 0.2) is 18.2 Å². The number of para-hydroxylation sites is 1. The Kier molecular flexibility index (Phi) is 2.54. The van der Waals surface area contributed by atoms with Gasteiger partial charge in [0, 0.05) is 0 Å². The number of benzene rings is 1. The van der Waals surface area contributed by atoms with Gasteiger partial charge in [0.25, 0.3) is 0 Å². The molecule has 66 valence electrons. The van der Waals surface area contributed by atoms with E-state index in [0.717, 1.165) is 0 Å². The third-order valence-electron chi connectivity index (χ3n) is 1.53. The normalized spacial score (nSPS) is 10.4. The number of thiol groups is 1. The second-order valence-corrected chi connectivity index (χ2v) is 3.39. The van der Waals surface area contributed by atoms with E-state index in [9.17, 15) is 8.42 Å². The maximum absolute atomic E-state index is 10.4. The van der Waals surface area contributed by atoms with Crippen molar-refractivity contribution in [2.75, 3.05) is 11.5 Å². The van der Waals surface area contributed by atoms with Crippen molar-refractivity contribution in [3.8, 4) is 0 Å². The molecule has 4 N–H and O–H groups in total. The Labute approximate surface area is 72.1 Å². The van der Waals surface area contributed by atoms with Gasteiger partial charge in [0.15, 0.2) is 0 Å². The second kappa shape index (κ2) is 3.44. The Bertz CT molecular complexity index is 352. The van der Waals surface area contributed by atoms with Crippen molar-refractivity contribution in [3.63, 3.8) is 0 Å². The van der Waals surface area contributed by atoms with Crippen LogP contribution in [0.1, 0.15) is 5.56 Å². The largest absolute Gasteiger partial charge is 0.397 e. The lowest BCUT2D eigenvalue weighted by atomic mass is 10.2. The predicted octanol–water partition coefficient (Wildman–Crippen LogP) is -0.0376. The van der Waals surface area contributed by atoms with Crippen molar-refractivity contribution in [1.82, 2.24) is 0 Å². The van der Waals surface area contributed by atoms with Gasteiger partial charge in [-0.05, 0) is 11.6 Å². The van der Waals surface area contributed by atoms with Gasteiger partial charge < -0.3 is 11.5 Å². The van der Waals surface area contributed by atoms with E-state index in [0.29, 0.717) is 16.9 Å². The van der Waals surface area contributed by atoms with Crippen molar-refractivity contribution in [2.24, 2.45) is 0 Å². The minimum Gasteiger partial charge on any atom is -0.397 e. The molecule has 4 nitrogen and oxygen atoms in total. The second-order valence-electron chi connectivity index (χ2n) is 2.41. The molecule has 0 amide bonds. The van der Waals surface area contributed by atoms with E-state index in [1.54, 1.807) is 18.2 Å². The van der Waals surface area contributed by atoms with E-state index in [4.69, 9.17) is 11.5 Å². The molecule has 1 aromatic carbocycles. The highest BCUT2D eigenvalue weighted by molar-refractivity contribution is 7.71. The smallest absolute Gasteiger partial charge is 0.144 e. The Balaban J connectivity index is 3.08. The van der Waals surface area contributed by atoms with Crippen LogP contribution in [0, 0.1) is 0 Å². The molecule has 12 heavy (non-hydrogen) atoms. The van der Waals surface area contributed by atoms with Crippen LogP contribution < -0.4 is 11.5 Å². The van der Waals surface area contributed by atoms with E-state index >= 15 is 0 Å². The zero-order chi connectivity index (χ0) is 9.14. The molecule has 0 aromatic heterocycles. The summed E-state index contributed by atoms with van der Waals surface area (Å²) in [6.07, 6.45) is 0. The number of nitrogen functional groups attached to an aromatic ring is 2. The summed E-state index contributed by atoms with van der Waals surface area (Å²) in [5.41, 5.74) is 12.4. The lowest BCUT2D eigenvalue weighted by Gasteiger charge is -2.03. The Hall–Kier alpha value is -1.23. The van der Waals surface area contributed by atoms with Gasteiger partial charge >= 0.3 is 0 Å². The van der Waals surface area contributed by atoms with Gasteiger partial charge in [-0.3, -0.25) is 0 Å². The highest BCUT2D eigenvalue weighted by Gasteiger charge is 2.01. The van der Waals surface area contributed by atoms with Gasteiger partial charge in [-0.25, -0.2) is 8.42 Å². The van der Waals surface area contributed by atoms with Crippen molar-refractivity contribution in [2.45, 2.75) is 5.75 Å². The minimum absolute atomic E-state index is 0.0494. The Morgan fingerprint density at radius 2 is 1.92 bits per heavy atom. The minimum atomic E-state index is -2.44. The van der Waals surface area contributed by atoms with Crippen LogP contribution in [0.4, 0.5) is 11.4 Å². The third kappa shape index (κ3) is 1.88. The van der Waals surface area contributed by atoms with Gasteiger partial charge in [0.2, 0.25) is 0 Å². The molecule has 1 rings (SSSR count). The van der Waals surface area contributed by atoms with E-state index in [2.05, 4.69) is 0 Å². The monoisotopic (exact) mass is 186 g/mol. The summed E-state index contributed by atoms with van der Waals surface area (Å²) in [5, 5.41) is 0. The zero-order valence-electron chi connectivity index (χ0n) is 6.36. The summed E-state index contributed by atoms with van der Waals surface area (Å²) < 4.78 is 20.7. The molecule has 0 aliphatic heterocycles. The van der Waals surface area contributed by atoms with Crippen LogP contribution in [-0.2, 0) is 16.5 Å². The molecule has 0 fully saturated rings. The van der Waals surface area contributed by atoms with Crippen molar-refractivity contribution < 1.29 is 8.42 Å². The average Bonchev–Trinajstić information content (AvgIpc) is 1.98. The fourth-order valence-corrected chi connectivity index (χ4v) is 1.46. The third-order valence-corrected chi connectivity index (χ3v) is 2.13. The molecule has 1 aromatic rings. The number of nitrogens with two attached hydrogens (primary N) is 2. The molecule has 0 saturated heterocycles. The van der Waals surface area contributed by atoms with Crippen molar-refractivity contribution in [3.05, 3.63) is 23.8 Å². The number of hydrogen-bond donors (Lipinski definition) is 3. The van der Waals surface area contributed by atoms with Gasteiger partial charge in [0.05, 0.1) is 17.1 Å². The molecular weight excluding hydrogens is 176 g/mol. The number of hydrogen-bond acceptors (Lipinski definition) is 4. The summed E-state index contributed by atoms with van der Waals surface area (Å²) in [4.78, 5) is 0. The van der Waals surface area contributed by atoms with Crippen LogP contribution in [-0.4, -0.2) is 8.42 Å². The fraction of sp³-hybridized carbons (Fsp3) is 0.143. The molecule has 0 atom stereocenters. The quantitative estimate of drug-likeness (QED) is 0.447. The highest BCUT2D eigenvalue weighted by atomic mass is 32.2. The Morgan fingerprint density at radius 1 is 1.25 bits per heavy atom. The van der Waals surface area contributed by atoms with Gasteiger partial charge in [-0.2, -0.15) is 0 Å². The standard InChI is InChI=1S/C7H10N2O2S/c8-6-3-1-2-5(7(6)9)4-12(10)11/h1-3,12H,4,8-9H2. The summed E-state index contributed by atoms with van der Waals surface area (Å²) in [7, 11) is -2.44. The van der Waals surface area contributed by atoms with Gasteiger partial charge in [-0.15, -0.1) is 0 Å². The molecular formula is C7H10N2O2S. The van der Waals surface area contributed by atoms with Crippen LogP contribution in [0.2, 0.25) is 0 Å². The molecule has 0 unspecified atom stereocenters. The van der Waals surface area contributed by atoms with E-state index in [1.807, 2.05) is 0 Å². The van der Waals surface area contributed by atoms with Crippen LogP contribution in [0.3, 0.4) is 0 Å². The topological polar surface area (TPSA) is 86.2 Å². The molecule has 0 heterocycles. The fourth-order valence-electron chi connectivity index (χ4n) is 0.910. The van der Waals surface area contributed by atoms with Crippen LogP contribution >= 0.6 is 0 Å².